The maximum Gasteiger partial charge on any atom is 0.264 e. The van der Waals surface area contributed by atoms with Crippen molar-refractivity contribution in [3.63, 3.8) is 0 Å². The number of rotatable bonds is 5. The molecule has 0 aliphatic carbocycles. The highest BCUT2D eigenvalue weighted by atomic mass is 32.2. The molecule has 27 heavy (non-hydrogen) atoms. The molecule has 2 aromatic rings. The zero-order chi connectivity index (χ0) is 20.5. The lowest BCUT2D eigenvalue weighted by molar-refractivity contribution is 0.565. The van der Waals surface area contributed by atoms with Gasteiger partial charge in [-0.15, -0.1) is 6.58 Å². The van der Waals surface area contributed by atoms with Crippen molar-refractivity contribution in [2.75, 3.05) is 10.8 Å². The van der Waals surface area contributed by atoms with E-state index in [1.807, 2.05) is 24.3 Å². The normalized spacial score (nSPS) is 12.7. The van der Waals surface area contributed by atoms with Gasteiger partial charge in [-0.1, -0.05) is 84.0 Å². The topological polar surface area (TPSA) is 37.4 Å². The van der Waals surface area contributed by atoms with E-state index in [-0.39, 0.29) is 22.3 Å². The van der Waals surface area contributed by atoms with Crippen LogP contribution in [-0.4, -0.2) is 15.0 Å². The average molecular weight is 386 g/mol. The summed E-state index contributed by atoms with van der Waals surface area (Å²) in [5.41, 5.74) is 2.37. The zero-order valence-electron chi connectivity index (χ0n) is 17.3. The Morgan fingerprint density at radius 3 is 1.74 bits per heavy atom. The number of nitrogens with zero attached hydrogens (tertiary/aromatic N) is 1. The average Bonchev–Trinajstić information content (AvgIpc) is 2.58. The van der Waals surface area contributed by atoms with Crippen LogP contribution in [0, 0.1) is 0 Å². The van der Waals surface area contributed by atoms with Crippen molar-refractivity contribution < 1.29 is 8.42 Å². The van der Waals surface area contributed by atoms with Crippen LogP contribution in [0.2, 0.25) is 0 Å². The Hall–Kier alpha value is -2.07. The summed E-state index contributed by atoms with van der Waals surface area (Å²) in [5, 5.41) is 0. The molecule has 3 nitrogen and oxygen atoms in total. The van der Waals surface area contributed by atoms with E-state index in [1.165, 1.54) is 4.31 Å². The molecule has 0 fully saturated rings. The third-order valence-corrected chi connectivity index (χ3v) is 6.31. The van der Waals surface area contributed by atoms with Crippen LogP contribution in [0.25, 0.3) is 0 Å². The van der Waals surface area contributed by atoms with E-state index in [2.05, 4.69) is 48.1 Å². The van der Waals surface area contributed by atoms with Gasteiger partial charge in [-0.05, 0) is 34.1 Å². The monoisotopic (exact) mass is 385 g/mol. The number of para-hydroxylation sites is 1. The second-order valence-corrected chi connectivity index (χ2v) is 10.7. The highest BCUT2D eigenvalue weighted by molar-refractivity contribution is 7.92. The summed E-state index contributed by atoms with van der Waals surface area (Å²) in [4.78, 5) is 0.287. The molecule has 0 saturated carbocycles. The van der Waals surface area contributed by atoms with Gasteiger partial charge >= 0.3 is 0 Å². The Morgan fingerprint density at radius 2 is 1.33 bits per heavy atom. The molecule has 0 aromatic heterocycles. The molecule has 0 spiro atoms. The van der Waals surface area contributed by atoms with Gasteiger partial charge in [0.25, 0.3) is 10.0 Å². The Kier molecular flexibility index (Phi) is 5.91. The van der Waals surface area contributed by atoms with Crippen LogP contribution in [0.4, 0.5) is 5.69 Å². The van der Waals surface area contributed by atoms with Crippen molar-refractivity contribution in [1.29, 1.82) is 0 Å². The van der Waals surface area contributed by atoms with Crippen molar-refractivity contribution >= 4 is 15.7 Å². The Balaban J connectivity index is 2.87. The molecule has 0 N–H and O–H groups in total. The first-order chi connectivity index (χ1) is 12.4. The smallest absolute Gasteiger partial charge is 0.262 e. The third kappa shape index (κ3) is 4.44. The van der Waals surface area contributed by atoms with Gasteiger partial charge < -0.3 is 0 Å². The largest absolute Gasteiger partial charge is 0.264 e. The molecular formula is C23H31NO2S. The first-order valence-corrected chi connectivity index (χ1v) is 10.7. The number of hydrogen-bond acceptors (Lipinski definition) is 2. The minimum absolute atomic E-state index is 0.206. The minimum Gasteiger partial charge on any atom is -0.262 e. The van der Waals surface area contributed by atoms with Gasteiger partial charge in [0.05, 0.1) is 17.1 Å². The van der Waals surface area contributed by atoms with E-state index >= 15 is 0 Å². The zero-order valence-corrected chi connectivity index (χ0v) is 18.1. The van der Waals surface area contributed by atoms with Gasteiger partial charge in [-0.3, -0.25) is 4.31 Å². The molecule has 0 aliphatic rings. The molecular weight excluding hydrogens is 354 g/mol. The highest BCUT2D eigenvalue weighted by Crippen LogP contribution is 2.41. The van der Waals surface area contributed by atoms with Crippen molar-refractivity contribution in [2.45, 2.75) is 57.3 Å². The first kappa shape index (κ1) is 21.2. The minimum atomic E-state index is -3.72. The molecule has 2 rings (SSSR count). The van der Waals surface area contributed by atoms with Crippen LogP contribution in [0.5, 0.6) is 0 Å². The fourth-order valence-electron chi connectivity index (χ4n) is 3.17. The SMILES string of the molecule is C=CCN(c1c(C(C)(C)C)cccc1C(C)(C)C)S(=O)(=O)c1ccccc1. The van der Waals surface area contributed by atoms with E-state index in [1.54, 1.807) is 30.3 Å². The molecule has 0 unspecified atom stereocenters. The van der Waals surface area contributed by atoms with Gasteiger partial charge in [0.15, 0.2) is 0 Å². The Labute approximate surface area is 164 Å². The molecule has 2 aromatic carbocycles. The second kappa shape index (κ2) is 7.51. The summed E-state index contributed by atoms with van der Waals surface area (Å²) < 4.78 is 28.6. The fraction of sp³-hybridized carbons (Fsp3) is 0.391. The predicted octanol–water partition coefficient (Wildman–Crippen LogP) is 5.66. The summed E-state index contributed by atoms with van der Waals surface area (Å²) >= 11 is 0. The lowest BCUT2D eigenvalue weighted by Gasteiger charge is -2.35. The standard InChI is InChI=1S/C23H31NO2S/c1-8-17-24(27(25,26)18-13-10-9-11-14-18)21-19(22(2,3)4)15-12-16-20(21)23(5,6)7/h8-16H,1,17H2,2-7H3. The quantitative estimate of drug-likeness (QED) is 0.623. The van der Waals surface area contributed by atoms with Crippen molar-refractivity contribution in [3.05, 3.63) is 72.3 Å². The molecule has 4 heteroatoms. The van der Waals surface area contributed by atoms with Crippen LogP contribution in [0.3, 0.4) is 0 Å². The van der Waals surface area contributed by atoms with E-state index in [9.17, 15) is 8.42 Å². The molecule has 0 aliphatic heterocycles. The van der Waals surface area contributed by atoms with Crippen LogP contribution >= 0.6 is 0 Å². The molecule has 146 valence electrons. The molecule has 0 amide bonds. The molecule has 0 radical (unpaired) electrons. The van der Waals surface area contributed by atoms with Crippen LogP contribution < -0.4 is 4.31 Å². The number of hydrogen-bond donors (Lipinski definition) is 0. The lowest BCUT2D eigenvalue weighted by atomic mass is 9.78. The van der Waals surface area contributed by atoms with Gasteiger partial charge in [0.1, 0.15) is 0 Å². The number of sulfonamides is 1. The van der Waals surface area contributed by atoms with Crippen molar-refractivity contribution in [3.8, 4) is 0 Å². The molecule has 0 saturated heterocycles. The molecule has 0 bridgehead atoms. The van der Waals surface area contributed by atoms with Gasteiger partial charge in [0, 0.05) is 0 Å². The highest BCUT2D eigenvalue weighted by Gasteiger charge is 2.33. The number of benzene rings is 2. The van der Waals surface area contributed by atoms with Crippen molar-refractivity contribution in [2.24, 2.45) is 0 Å². The first-order valence-electron chi connectivity index (χ1n) is 9.23. The third-order valence-electron chi connectivity index (χ3n) is 4.53. The van der Waals surface area contributed by atoms with E-state index in [4.69, 9.17) is 0 Å². The summed E-state index contributed by atoms with van der Waals surface area (Å²) in [6.45, 7) is 16.7. The van der Waals surface area contributed by atoms with Crippen LogP contribution in [-0.2, 0) is 20.9 Å². The van der Waals surface area contributed by atoms with Gasteiger partial charge in [-0.25, -0.2) is 8.42 Å². The lowest BCUT2D eigenvalue weighted by Crippen LogP contribution is -2.35. The maximum atomic E-state index is 13.6. The molecule has 0 heterocycles. The Bertz CT molecular complexity index is 869. The Morgan fingerprint density at radius 1 is 0.852 bits per heavy atom. The van der Waals surface area contributed by atoms with E-state index < -0.39 is 10.0 Å². The summed E-state index contributed by atoms with van der Waals surface area (Å²) in [7, 11) is -3.72. The van der Waals surface area contributed by atoms with Gasteiger partial charge in [-0.2, -0.15) is 0 Å². The molecule has 0 atom stereocenters. The van der Waals surface area contributed by atoms with Crippen LogP contribution in [0.1, 0.15) is 52.7 Å². The predicted molar refractivity (Wildman–Crippen MR) is 115 cm³/mol. The summed E-state index contributed by atoms with van der Waals surface area (Å²) in [5.74, 6) is 0. The summed E-state index contributed by atoms with van der Waals surface area (Å²) in [6, 6.07) is 14.7. The van der Waals surface area contributed by atoms with E-state index in [0.717, 1.165) is 16.8 Å². The van der Waals surface area contributed by atoms with E-state index in [0.29, 0.717) is 0 Å². The van der Waals surface area contributed by atoms with Crippen molar-refractivity contribution in [1.82, 2.24) is 0 Å². The maximum absolute atomic E-state index is 13.6. The van der Waals surface area contributed by atoms with Crippen LogP contribution in [0.15, 0.2) is 66.1 Å². The number of anilines is 1. The second-order valence-electron chi connectivity index (χ2n) is 8.84. The fourth-order valence-corrected chi connectivity index (χ4v) is 4.66. The summed E-state index contributed by atoms with van der Waals surface area (Å²) in [6.07, 6.45) is 1.65. The van der Waals surface area contributed by atoms with Gasteiger partial charge in [0.2, 0.25) is 0 Å².